The molecule has 1 aromatic carbocycles. The zero-order chi connectivity index (χ0) is 14.1. The highest BCUT2D eigenvalue weighted by Gasteiger charge is 2.18. The molecule has 104 valence electrons. The molecule has 0 spiro atoms. The first-order valence-electron chi connectivity index (χ1n) is 6.51. The van der Waals surface area contributed by atoms with Gasteiger partial charge in [0.05, 0.1) is 9.83 Å². The maximum atomic E-state index is 11.4. The van der Waals surface area contributed by atoms with Crippen molar-refractivity contribution in [2.24, 2.45) is 0 Å². The van der Waals surface area contributed by atoms with E-state index >= 15 is 0 Å². The van der Waals surface area contributed by atoms with Gasteiger partial charge in [-0.3, -0.25) is 4.79 Å². The van der Waals surface area contributed by atoms with Gasteiger partial charge in [0.25, 0.3) is 0 Å². The van der Waals surface area contributed by atoms with Crippen LogP contribution >= 0.6 is 27.3 Å². The van der Waals surface area contributed by atoms with Gasteiger partial charge in [-0.2, -0.15) is 0 Å². The highest BCUT2D eigenvalue weighted by molar-refractivity contribution is 9.11. The average Bonchev–Trinajstić information content (AvgIpc) is 2.86. The van der Waals surface area contributed by atoms with Crippen molar-refractivity contribution in [1.82, 2.24) is 5.32 Å². The Kier molecular flexibility index (Phi) is 3.92. The molecule has 5 heteroatoms. The van der Waals surface area contributed by atoms with Crippen LogP contribution in [0.15, 0.2) is 33.4 Å². The lowest BCUT2D eigenvalue weighted by molar-refractivity contribution is -0.116. The van der Waals surface area contributed by atoms with E-state index in [1.165, 1.54) is 16.7 Å². The molecule has 1 aliphatic heterocycles. The number of aryl methyl sites for hydroxylation is 1. The van der Waals surface area contributed by atoms with Crippen molar-refractivity contribution in [3.05, 3.63) is 50.1 Å². The molecular formula is C15H15BrN2OS. The first-order chi connectivity index (χ1) is 9.67. The molecule has 0 radical (unpaired) electrons. The second-order valence-electron chi connectivity index (χ2n) is 4.87. The van der Waals surface area contributed by atoms with Crippen LogP contribution in [-0.2, 0) is 11.2 Å². The molecule has 0 aliphatic carbocycles. The largest absolute Gasteiger partial charge is 0.326 e. The summed E-state index contributed by atoms with van der Waals surface area (Å²) in [6.45, 7) is 0. The Labute approximate surface area is 130 Å². The normalized spacial score (nSPS) is 15.6. The summed E-state index contributed by atoms with van der Waals surface area (Å²) in [5.41, 5.74) is 4.65. The molecule has 0 bridgehead atoms. The van der Waals surface area contributed by atoms with Crippen LogP contribution in [0.25, 0.3) is 0 Å². The average molecular weight is 351 g/mol. The van der Waals surface area contributed by atoms with E-state index in [0.29, 0.717) is 6.42 Å². The summed E-state index contributed by atoms with van der Waals surface area (Å²) in [7, 11) is 1.97. The number of nitrogens with one attached hydrogen (secondary N) is 2. The summed E-state index contributed by atoms with van der Waals surface area (Å²) in [6.07, 6.45) is 1.39. The third-order valence-corrected chi connectivity index (χ3v) is 5.09. The fourth-order valence-corrected chi connectivity index (χ4v) is 3.79. The molecular weight excluding hydrogens is 336 g/mol. The maximum absolute atomic E-state index is 11.4. The Morgan fingerprint density at radius 1 is 1.30 bits per heavy atom. The number of carbonyl (C=O) groups is 1. The Bertz CT molecular complexity index is 653. The zero-order valence-corrected chi connectivity index (χ0v) is 13.5. The number of anilines is 1. The van der Waals surface area contributed by atoms with E-state index in [-0.39, 0.29) is 11.9 Å². The molecule has 1 aliphatic rings. The van der Waals surface area contributed by atoms with Gasteiger partial charge >= 0.3 is 0 Å². The maximum Gasteiger partial charge on any atom is 0.224 e. The van der Waals surface area contributed by atoms with Crippen molar-refractivity contribution in [3.63, 3.8) is 0 Å². The second-order valence-corrected chi connectivity index (χ2v) is 7.16. The monoisotopic (exact) mass is 350 g/mol. The number of hydrogen-bond donors (Lipinski definition) is 2. The number of hydrogen-bond acceptors (Lipinski definition) is 3. The molecule has 1 amide bonds. The fourth-order valence-electron chi connectivity index (χ4n) is 2.58. The molecule has 3 rings (SSSR count). The lowest BCUT2D eigenvalue weighted by Gasteiger charge is -2.21. The number of halogens is 1. The molecule has 20 heavy (non-hydrogen) atoms. The number of benzene rings is 1. The lowest BCUT2D eigenvalue weighted by atomic mass is 9.95. The minimum atomic E-state index is 0.109. The first-order valence-corrected chi connectivity index (χ1v) is 8.18. The summed E-state index contributed by atoms with van der Waals surface area (Å²) >= 11 is 5.20. The molecule has 1 aromatic heterocycles. The third-order valence-electron chi connectivity index (χ3n) is 3.57. The number of rotatable bonds is 3. The van der Waals surface area contributed by atoms with E-state index in [4.69, 9.17) is 0 Å². The standard InChI is InChI=1S/C15H15BrN2OS/c1-17-15(11-7-13(16)20-8-11)10-2-4-12-9(6-10)3-5-14(19)18-12/h2,4,6-8,15,17H,3,5H2,1H3,(H,18,19). The molecule has 0 fully saturated rings. The van der Waals surface area contributed by atoms with E-state index in [2.05, 4.69) is 50.1 Å². The van der Waals surface area contributed by atoms with E-state index < -0.39 is 0 Å². The zero-order valence-electron chi connectivity index (χ0n) is 11.1. The number of carbonyl (C=O) groups excluding carboxylic acids is 1. The van der Waals surface area contributed by atoms with Crippen LogP contribution in [0.1, 0.15) is 29.2 Å². The lowest BCUT2D eigenvalue weighted by Crippen LogP contribution is -2.21. The van der Waals surface area contributed by atoms with Gasteiger partial charge in [0, 0.05) is 12.1 Å². The van der Waals surface area contributed by atoms with Crippen LogP contribution < -0.4 is 10.6 Å². The molecule has 3 nitrogen and oxygen atoms in total. The van der Waals surface area contributed by atoms with Crippen molar-refractivity contribution in [3.8, 4) is 0 Å². The predicted octanol–water partition coefficient (Wildman–Crippen LogP) is 3.70. The van der Waals surface area contributed by atoms with E-state index in [1.54, 1.807) is 11.3 Å². The number of amides is 1. The fraction of sp³-hybridized carbons (Fsp3) is 0.267. The molecule has 2 heterocycles. The topological polar surface area (TPSA) is 41.1 Å². The SMILES string of the molecule is CNC(c1csc(Br)c1)c1ccc2c(c1)CCC(=O)N2. The highest BCUT2D eigenvalue weighted by Crippen LogP contribution is 2.32. The summed E-state index contributed by atoms with van der Waals surface area (Å²) in [6, 6.07) is 8.61. The molecule has 1 atom stereocenters. The summed E-state index contributed by atoms with van der Waals surface area (Å²) < 4.78 is 1.14. The molecule has 0 saturated heterocycles. The smallest absolute Gasteiger partial charge is 0.224 e. The predicted molar refractivity (Wildman–Crippen MR) is 86.3 cm³/mol. The van der Waals surface area contributed by atoms with Crippen molar-refractivity contribution < 1.29 is 4.79 Å². The summed E-state index contributed by atoms with van der Waals surface area (Å²) in [5, 5.41) is 8.44. The van der Waals surface area contributed by atoms with Gasteiger partial charge in [0.2, 0.25) is 5.91 Å². The Hall–Kier alpha value is -1.17. The van der Waals surface area contributed by atoms with Crippen molar-refractivity contribution in [2.75, 3.05) is 12.4 Å². The minimum absolute atomic E-state index is 0.109. The van der Waals surface area contributed by atoms with Gasteiger partial charge in [0.1, 0.15) is 0 Å². The van der Waals surface area contributed by atoms with Gasteiger partial charge < -0.3 is 10.6 Å². The number of fused-ring (bicyclic) bond motifs is 1. The van der Waals surface area contributed by atoms with E-state index in [9.17, 15) is 4.79 Å². The summed E-state index contributed by atoms with van der Waals surface area (Å²) in [4.78, 5) is 11.4. The minimum Gasteiger partial charge on any atom is -0.326 e. The van der Waals surface area contributed by atoms with Crippen LogP contribution in [0.4, 0.5) is 5.69 Å². The Morgan fingerprint density at radius 2 is 2.15 bits per heavy atom. The molecule has 2 aromatic rings. The van der Waals surface area contributed by atoms with Gasteiger partial charge in [-0.15, -0.1) is 11.3 Å². The van der Waals surface area contributed by atoms with Crippen LogP contribution in [0.2, 0.25) is 0 Å². The van der Waals surface area contributed by atoms with Gasteiger partial charge in [-0.1, -0.05) is 12.1 Å². The molecule has 2 N–H and O–H groups in total. The van der Waals surface area contributed by atoms with E-state index in [1.807, 2.05) is 13.1 Å². The third kappa shape index (κ3) is 2.66. The van der Waals surface area contributed by atoms with Crippen LogP contribution in [0.3, 0.4) is 0 Å². The summed E-state index contributed by atoms with van der Waals surface area (Å²) in [5.74, 6) is 0.109. The van der Waals surface area contributed by atoms with Gasteiger partial charge in [0.15, 0.2) is 0 Å². The second kappa shape index (κ2) is 5.68. The highest BCUT2D eigenvalue weighted by atomic mass is 79.9. The number of thiophene rings is 1. The molecule has 1 unspecified atom stereocenters. The Balaban J connectivity index is 1.95. The van der Waals surface area contributed by atoms with Crippen LogP contribution in [0.5, 0.6) is 0 Å². The first kappa shape index (κ1) is 13.8. The van der Waals surface area contributed by atoms with Gasteiger partial charge in [-0.25, -0.2) is 0 Å². The van der Waals surface area contributed by atoms with Crippen molar-refractivity contribution in [1.29, 1.82) is 0 Å². The van der Waals surface area contributed by atoms with E-state index in [0.717, 1.165) is 15.9 Å². The quantitative estimate of drug-likeness (QED) is 0.885. The molecule has 0 saturated carbocycles. The van der Waals surface area contributed by atoms with Crippen molar-refractivity contribution in [2.45, 2.75) is 18.9 Å². The van der Waals surface area contributed by atoms with Crippen LogP contribution in [0, 0.1) is 0 Å². The van der Waals surface area contributed by atoms with Gasteiger partial charge in [-0.05, 0) is 63.6 Å². The Morgan fingerprint density at radius 3 is 2.85 bits per heavy atom. The van der Waals surface area contributed by atoms with Crippen LogP contribution in [-0.4, -0.2) is 13.0 Å². The van der Waals surface area contributed by atoms with Crippen molar-refractivity contribution >= 4 is 38.9 Å².